The third kappa shape index (κ3) is 1.28. The number of hydrogen-bond acceptors (Lipinski definition) is 2. The lowest BCUT2D eigenvalue weighted by atomic mass is 10.1. The van der Waals surface area contributed by atoms with Crippen molar-refractivity contribution in [3.05, 3.63) is 30.4 Å². The zero-order chi connectivity index (χ0) is 9.38. The van der Waals surface area contributed by atoms with Crippen LogP contribution >= 0.6 is 0 Å². The fourth-order valence-corrected chi connectivity index (χ4v) is 2.41. The molecule has 0 aromatic carbocycles. The molecule has 1 aromatic heterocycles. The van der Waals surface area contributed by atoms with Crippen LogP contribution in [-0.4, -0.2) is 15.6 Å². The van der Waals surface area contributed by atoms with E-state index in [0.29, 0.717) is 12.1 Å². The van der Waals surface area contributed by atoms with Crippen LogP contribution in [-0.2, 0) is 6.54 Å². The molecule has 1 N–H and O–H groups in total. The van der Waals surface area contributed by atoms with E-state index in [4.69, 9.17) is 0 Å². The van der Waals surface area contributed by atoms with Gasteiger partial charge in [0.1, 0.15) is 5.82 Å². The van der Waals surface area contributed by atoms with E-state index in [1.807, 2.05) is 6.20 Å². The molecule has 0 amide bonds. The zero-order valence-corrected chi connectivity index (χ0v) is 8.19. The molecule has 3 heteroatoms. The molecule has 0 saturated heterocycles. The highest BCUT2D eigenvalue weighted by molar-refractivity contribution is 5.07. The van der Waals surface area contributed by atoms with Gasteiger partial charge in [-0.3, -0.25) is 0 Å². The molecular weight excluding hydrogens is 174 g/mol. The Morgan fingerprint density at radius 1 is 1.36 bits per heavy atom. The van der Waals surface area contributed by atoms with Crippen molar-refractivity contribution in [2.24, 2.45) is 0 Å². The second-order valence-electron chi connectivity index (χ2n) is 4.13. The number of nitrogens with one attached hydrogen (secondary N) is 1. The molecule has 2 heterocycles. The highest BCUT2D eigenvalue weighted by Gasteiger charge is 2.25. The minimum absolute atomic E-state index is 0.481. The maximum absolute atomic E-state index is 4.40. The quantitative estimate of drug-likeness (QED) is 0.717. The van der Waals surface area contributed by atoms with Gasteiger partial charge in [0.15, 0.2) is 0 Å². The summed E-state index contributed by atoms with van der Waals surface area (Å²) >= 11 is 0. The van der Waals surface area contributed by atoms with Gasteiger partial charge in [0.05, 0.1) is 6.04 Å². The first-order valence-corrected chi connectivity index (χ1v) is 5.35. The zero-order valence-electron chi connectivity index (χ0n) is 8.19. The Hall–Kier alpha value is -1.09. The lowest BCUT2D eigenvalue weighted by molar-refractivity contribution is 0.440. The van der Waals surface area contributed by atoms with Gasteiger partial charge in [0.2, 0.25) is 0 Å². The Kier molecular flexibility index (Phi) is 1.91. The predicted octanol–water partition coefficient (Wildman–Crippen LogP) is 1.64. The molecule has 1 aliphatic carbocycles. The monoisotopic (exact) mass is 189 g/mol. The average Bonchev–Trinajstić information content (AvgIpc) is 2.85. The standard InChI is InChI=1S/C11H15N3/c1-2-4-9(3-1)13-10-5-7-14-8-6-12-11(10)14/h1-2,6,8-10,13H,3-5,7H2. The van der Waals surface area contributed by atoms with Crippen molar-refractivity contribution < 1.29 is 0 Å². The van der Waals surface area contributed by atoms with Crippen molar-refractivity contribution in [3.8, 4) is 0 Å². The van der Waals surface area contributed by atoms with E-state index in [1.54, 1.807) is 0 Å². The largest absolute Gasteiger partial charge is 0.334 e. The Morgan fingerprint density at radius 3 is 3.07 bits per heavy atom. The molecule has 3 nitrogen and oxygen atoms in total. The molecule has 1 unspecified atom stereocenters. The lowest BCUT2D eigenvalue weighted by Crippen LogP contribution is -2.30. The maximum atomic E-state index is 4.40. The summed E-state index contributed by atoms with van der Waals surface area (Å²) in [5.41, 5.74) is 0. The summed E-state index contributed by atoms with van der Waals surface area (Å²) in [6.45, 7) is 1.12. The van der Waals surface area contributed by atoms with E-state index >= 15 is 0 Å². The first-order chi connectivity index (χ1) is 6.93. The van der Waals surface area contributed by atoms with E-state index in [0.717, 1.165) is 6.54 Å². The van der Waals surface area contributed by atoms with Crippen molar-refractivity contribution in [3.63, 3.8) is 0 Å². The number of imidazole rings is 1. The van der Waals surface area contributed by atoms with Crippen molar-refractivity contribution in [2.45, 2.75) is 37.9 Å². The third-order valence-electron chi connectivity index (χ3n) is 3.16. The number of hydrogen-bond donors (Lipinski definition) is 1. The van der Waals surface area contributed by atoms with Crippen LogP contribution in [0, 0.1) is 0 Å². The number of fused-ring (bicyclic) bond motifs is 1. The fourth-order valence-electron chi connectivity index (χ4n) is 2.41. The van der Waals surface area contributed by atoms with E-state index in [9.17, 15) is 0 Å². The van der Waals surface area contributed by atoms with Crippen LogP contribution in [0.15, 0.2) is 24.5 Å². The topological polar surface area (TPSA) is 29.9 Å². The van der Waals surface area contributed by atoms with Gasteiger partial charge < -0.3 is 9.88 Å². The molecule has 0 radical (unpaired) electrons. The Morgan fingerprint density at radius 2 is 2.21 bits per heavy atom. The van der Waals surface area contributed by atoms with Crippen LogP contribution in [0.3, 0.4) is 0 Å². The van der Waals surface area contributed by atoms with Gasteiger partial charge in [-0.25, -0.2) is 4.98 Å². The Bertz CT molecular complexity index is 345. The Labute approximate surface area is 83.8 Å². The van der Waals surface area contributed by atoms with Gasteiger partial charge in [-0.05, 0) is 19.3 Å². The molecular formula is C11H15N3. The van der Waals surface area contributed by atoms with Crippen LogP contribution < -0.4 is 5.32 Å². The van der Waals surface area contributed by atoms with Crippen molar-refractivity contribution in [1.29, 1.82) is 0 Å². The van der Waals surface area contributed by atoms with Gasteiger partial charge in [0.25, 0.3) is 0 Å². The average molecular weight is 189 g/mol. The molecule has 14 heavy (non-hydrogen) atoms. The SMILES string of the molecule is C1=CCC(NC2CCn3ccnc32)C1. The smallest absolute Gasteiger partial charge is 0.125 e. The molecule has 0 saturated carbocycles. The third-order valence-corrected chi connectivity index (χ3v) is 3.16. The molecule has 2 aliphatic rings. The first-order valence-electron chi connectivity index (χ1n) is 5.35. The van der Waals surface area contributed by atoms with Crippen LogP contribution in [0.25, 0.3) is 0 Å². The molecule has 3 rings (SSSR count). The fraction of sp³-hybridized carbons (Fsp3) is 0.545. The van der Waals surface area contributed by atoms with Crippen LogP contribution in [0.2, 0.25) is 0 Å². The highest BCUT2D eigenvalue weighted by atomic mass is 15.1. The molecule has 1 aliphatic heterocycles. The van der Waals surface area contributed by atoms with Gasteiger partial charge >= 0.3 is 0 Å². The highest BCUT2D eigenvalue weighted by Crippen LogP contribution is 2.25. The molecule has 0 spiro atoms. The van der Waals surface area contributed by atoms with Gasteiger partial charge in [-0.15, -0.1) is 0 Å². The molecule has 74 valence electrons. The minimum atomic E-state index is 0.481. The molecule has 0 fully saturated rings. The summed E-state index contributed by atoms with van der Waals surface area (Å²) in [6, 6.07) is 1.12. The van der Waals surface area contributed by atoms with Crippen molar-refractivity contribution in [1.82, 2.24) is 14.9 Å². The summed E-state index contributed by atoms with van der Waals surface area (Å²) in [6.07, 6.45) is 12.0. The van der Waals surface area contributed by atoms with E-state index < -0.39 is 0 Å². The van der Waals surface area contributed by atoms with Crippen LogP contribution in [0.4, 0.5) is 0 Å². The predicted molar refractivity (Wildman–Crippen MR) is 54.9 cm³/mol. The Balaban J connectivity index is 1.70. The van der Waals surface area contributed by atoms with Gasteiger partial charge in [-0.2, -0.15) is 0 Å². The summed E-state index contributed by atoms with van der Waals surface area (Å²) in [5, 5.41) is 3.67. The van der Waals surface area contributed by atoms with Gasteiger partial charge in [-0.1, -0.05) is 12.2 Å². The summed E-state index contributed by atoms with van der Waals surface area (Å²) in [4.78, 5) is 4.40. The number of nitrogens with zero attached hydrogens (tertiary/aromatic N) is 2. The first kappa shape index (κ1) is 8.24. The second-order valence-corrected chi connectivity index (χ2v) is 4.13. The van der Waals surface area contributed by atoms with E-state index in [-0.39, 0.29) is 0 Å². The van der Waals surface area contributed by atoms with Crippen LogP contribution in [0.5, 0.6) is 0 Å². The van der Waals surface area contributed by atoms with E-state index in [2.05, 4.69) is 33.2 Å². The summed E-state index contributed by atoms with van der Waals surface area (Å²) in [5.74, 6) is 1.22. The lowest BCUT2D eigenvalue weighted by Gasteiger charge is -2.17. The molecule has 0 bridgehead atoms. The minimum Gasteiger partial charge on any atom is -0.334 e. The second kappa shape index (κ2) is 3.24. The van der Waals surface area contributed by atoms with E-state index in [1.165, 1.54) is 25.1 Å². The van der Waals surface area contributed by atoms with Gasteiger partial charge in [0, 0.05) is 25.0 Å². The summed E-state index contributed by atoms with van der Waals surface area (Å²) in [7, 11) is 0. The van der Waals surface area contributed by atoms with Crippen molar-refractivity contribution in [2.75, 3.05) is 0 Å². The molecule has 1 aromatic rings. The molecule has 1 atom stereocenters. The normalized spacial score (nSPS) is 25.9. The maximum Gasteiger partial charge on any atom is 0.125 e. The van der Waals surface area contributed by atoms with Crippen LogP contribution in [0.1, 0.15) is 31.1 Å². The number of rotatable bonds is 2. The number of aryl methyl sites for hydroxylation is 1. The van der Waals surface area contributed by atoms with Crippen molar-refractivity contribution >= 4 is 0 Å². The number of aromatic nitrogens is 2. The summed E-state index contributed by atoms with van der Waals surface area (Å²) < 4.78 is 2.25.